The average Bonchev–Trinajstić information content (AvgIpc) is 2.29. The highest BCUT2D eigenvalue weighted by atomic mass is 19.4. The summed E-state index contributed by atoms with van der Waals surface area (Å²) in [6.07, 6.45) is -4.47. The number of aliphatic hydroxyl groups excluding tert-OH is 1. The number of nitrogens with one attached hydrogen (secondary N) is 1. The lowest BCUT2D eigenvalue weighted by molar-refractivity contribution is -0.127. The highest BCUT2D eigenvalue weighted by Crippen LogP contribution is 2.27. The van der Waals surface area contributed by atoms with E-state index in [-0.39, 0.29) is 11.3 Å². The third kappa shape index (κ3) is 5.39. The minimum atomic E-state index is -4.47. The number of hydrogen-bond acceptors (Lipinski definition) is 3. The van der Waals surface area contributed by atoms with E-state index in [9.17, 15) is 22.0 Å². The van der Waals surface area contributed by atoms with E-state index in [1.165, 1.54) is 24.3 Å². The minimum absolute atomic E-state index is 0.0366. The fraction of sp³-hybridized carbons (Fsp3) is 0.455. The Bertz CT molecular complexity index is 397. The first-order chi connectivity index (χ1) is 8.83. The molecule has 0 saturated heterocycles. The maximum atomic E-state index is 12.2. The highest BCUT2D eigenvalue weighted by molar-refractivity contribution is 5.36. The summed E-state index contributed by atoms with van der Waals surface area (Å²) in [5, 5.41) is 11.1. The van der Waals surface area contributed by atoms with Crippen molar-refractivity contribution in [2.24, 2.45) is 0 Å². The molecule has 2 N–H and O–H groups in total. The fourth-order valence-corrected chi connectivity index (χ4v) is 1.48. The van der Waals surface area contributed by atoms with Gasteiger partial charge >= 0.3 is 12.8 Å². The molecule has 0 aromatic heterocycles. The molecule has 0 radical (unpaired) electrons. The van der Waals surface area contributed by atoms with Crippen molar-refractivity contribution in [3.63, 3.8) is 0 Å². The van der Waals surface area contributed by atoms with Gasteiger partial charge in [0.25, 0.3) is 0 Å². The highest BCUT2D eigenvalue weighted by Gasteiger charge is 2.29. The molecule has 1 aromatic carbocycles. The topological polar surface area (TPSA) is 41.5 Å². The molecule has 19 heavy (non-hydrogen) atoms. The summed E-state index contributed by atoms with van der Waals surface area (Å²) >= 11 is 0. The van der Waals surface area contributed by atoms with E-state index in [4.69, 9.17) is 5.11 Å². The van der Waals surface area contributed by atoms with E-state index in [0.717, 1.165) is 0 Å². The van der Waals surface area contributed by atoms with Crippen molar-refractivity contribution in [3.05, 3.63) is 29.8 Å². The molecule has 0 amide bonds. The second-order valence-corrected chi connectivity index (χ2v) is 3.65. The summed E-state index contributed by atoms with van der Waals surface area (Å²) in [4.78, 5) is 0. The second-order valence-electron chi connectivity index (χ2n) is 3.65. The van der Waals surface area contributed by atoms with Crippen LogP contribution >= 0.6 is 0 Å². The third-order valence-electron chi connectivity index (χ3n) is 2.24. The van der Waals surface area contributed by atoms with Crippen LogP contribution < -0.4 is 10.1 Å². The summed E-state index contributed by atoms with van der Waals surface area (Å²) in [5.41, 5.74) is 0.0366. The van der Waals surface area contributed by atoms with Crippen LogP contribution in [0.15, 0.2) is 24.3 Å². The summed E-state index contributed by atoms with van der Waals surface area (Å²) < 4.78 is 64.8. The fourth-order valence-electron chi connectivity index (χ4n) is 1.48. The standard InChI is InChI=1S/C11H12F5NO2/c12-10(13)19-9-4-2-1-3-7(9)8(5-18)17-6-11(14,15)16/h1-4,8,10,17-18H,5-6H2. The Morgan fingerprint density at radius 2 is 1.84 bits per heavy atom. The van der Waals surface area contributed by atoms with E-state index >= 15 is 0 Å². The van der Waals surface area contributed by atoms with Gasteiger partial charge in [0, 0.05) is 5.56 Å². The zero-order chi connectivity index (χ0) is 14.5. The van der Waals surface area contributed by atoms with Gasteiger partial charge in [-0.3, -0.25) is 5.32 Å². The normalized spacial score (nSPS) is 13.6. The molecule has 8 heteroatoms. The Morgan fingerprint density at radius 1 is 1.21 bits per heavy atom. The number of hydrogen-bond donors (Lipinski definition) is 2. The maximum Gasteiger partial charge on any atom is 0.401 e. The summed E-state index contributed by atoms with van der Waals surface area (Å²) in [5.74, 6) is -0.272. The summed E-state index contributed by atoms with van der Waals surface area (Å²) in [6.45, 7) is -5.12. The van der Waals surface area contributed by atoms with Crippen LogP contribution in [0.25, 0.3) is 0 Å². The minimum Gasteiger partial charge on any atom is -0.434 e. The SMILES string of the molecule is OCC(NCC(F)(F)F)c1ccccc1OC(F)F. The molecule has 0 fully saturated rings. The number of alkyl halides is 5. The molecule has 0 saturated carbocycles. The van der Waals surface area contributed by atoms with Crippen molar-refractivity contribution in [1.29, 1.82) is 0 Å². The van der Waals surface area contributed by atoms with Crippen molar-refractivity contribution >= 4 is 0 Å². The molecule has 3 nitrogen and oxygen atoms in total. The van der Waals surface area contributed by atoms with Crippen molar-refractivity contribution in [2.75, 3.05) is 13.2 Å². The molecule has 1 atom stereocenters. The molecule has 0 heterocycles. The first-order valence-electron chi connectivity index (χ1n) is 5.28. The van der Waals surface area contributed by atoms with Gasteiger partial charge in [0.05, 0.1) is 19.2 Å². The van der Waals surface area contributed by atoms with Gasteiger partial charge in [-0.15, -0.1) is 0 Å². The zero-order valence-corrected chi connectivity index (χ0v) is 9.62. The van der Waals surface area contributed by atoms with Crippen LogP contribution in [0.4, 0.5) is 22.0 Å². The van der Waals surface area contributed by atoms with E-state index in [1.54, 1.807) is 0 Å². The van der Waals surface area contributed by atoms with E-state index < -0.39 is 32.0 Å². The molecule has 0 aliphatic rings. The molecule has 0 aliphatic heterocycles. The molecule has 1 rings (SSSR count). The first kappa shape index (κ1) is 15.6. The molecule has 108 valence electrons. The summed E-state index contributed by atoms with van der Waals surface area (Å²) in [7, 11) is 0. The van der Waals surface area contributed by atoms with Crippen LogP contribution in [0.3, 0.4) is 0 Å². The number of para-hydroxylation sites is 1. The third-order valence-corrected chi connectivity index (χ3v) is 2.24. The molecule has 0 bridgehead atoms. The molecule has 0 spiro atoms. The van der Waals surface area contributed by atoms with Crippen LogP contribution in [0, 0.1) is 0 Å². The van der Waals surface area contributed by atoms with Gasteiger partial charge in [0.2, 0.25) is 0 Å². The lowest BCUT2D eigenvalue weighted by Crippen LogP contribution is -2.34. The lowest BCUT2D eigenvalue weighted by Gasteiger charge is -2.20. The number of halogens is 5. The van der Waals surface area contributed by atoms with Crippen molar-refractivity contribution < 1.29 is 31.8 Å². The van der Waals surface area contributed by atoms with Gasteiger partial charge in [0.1, 0.15) is 5.75 Å². The Balaban J connectivity index is 2.85. The predicted molar refractivity (Wildman–Crippen MR) is 57.0 cm³/mol. The second kappa shape index (κ2) is 6.67. The molecule has 1 aromatic rings. The number of rotatable bonds is 6. The summed E-state index contributed by atoms with van der Waals surface area (Å²) in [6, 6.07) is 4.21. The molecular formula is C11H12F5NO2. The van der Waals surface area contributed by atoms with Gasteiger partial charge < -0.3 is 9.84 Å². The van der Waals surface area contributed by atoms with Crippen LogP contribution in [0.2, 0.25) is 0 Å². The number of benzene rings is 1. The van der Waals surface area contributed by atoms with Crippen molar-refractivity contribution in [2.45, 2.75) is 18.8 Å². The van der Waals surface area contributed by atoms with Crippen molar-refractivity contribution in [3.8, 4) is 5.75 Å². The molecule has 0 aliphatic carbocycles. The Labute approximate surface area is 106 Å². The lowest BCUT2D eigenvalue weighted by atomic mass is 10.1. The van der Waals surface area contributed by atoms with Gasteiger partial charge in [-0.25, -0.2) is 0 Å². The predicted octanol–water partition coefficient (Wildman–Crippen LogP) is 2.47. The Kier molecular flexibility index (Phi) is 5.49. The Morgan fingerprint density at radius 3 is 2.37 bits per heavy atom. The average molecular weight is 285 g/mol. The van der Waals surface area contributed by atoms with Gasteiger partial charge in [-0.05, 0) is 6.07 Å². The van der Waals surface area contributed by atoms with Crippen LogP contribution in [-0.2, 0) is 0 Å². The van der Waals surface area contributed by atoms with Crippen LogP contribution in [0.1, 0.15) is 11.6 Å². The van der Waals surface area contributed by atoms with Crippen LogP contribution in [-0.4, -0.2) is 31.0 Å². The maximum absolute atomic E-state index is 12.2. The Hall–Kier alpha value is -1.41. The van der Waals surface area contributed by atoms with Crippen molar-refractivity contribution in [1.82, 2.24) is 5.32 Å². The van der Waals surface area contributed by atoms with E-state index in [1.807, 2.05) is 5.32 Å². The quantitative estimate of drug-likeness (QED) is 0.789. The van der Waals surface area contributed by atoms with Gasteiger partial charge in [-0.2, -0.15) is 22.0 Å². The molecular weight excluding hydrogens is 273 g/mol. The monoisotopic (exact) mass is 285 g/mol. The van der Waals surface area contributed by atoms with Gasteiger partial charge in [-0.1, -0.05) is 18.2 Å². The van der Waals surface area contributed by atoms with Crippen LogP contribution in [0.5, 0.6) is 5.75 Å². The smallest absolute Gasteiger partial charge is 0.401 e. The molecule has 1 unspecified atom stereocenters. The van der Waals surface area contributed by atoms with E-state index in [0.29, 0.717) is 0 Å². The van der Waals surface area contributed by atoms with Gasteiger partial charge in [0.15, 0.2) is 0 Å². The number of aliphatic hydroxyl groups is 1. The zero-order valence-electron chi connectivity index (χ0n) is 9.62. The van der Waals surface area contributed by atoms with E-state index in [2.05, 4.69) is 4.74 Å². The first-order valence-corrected chi connectivity index (χ1v) is 5.28. The largest absolute Gasteiger partial charge is 0.434 e. The number of ether oxygens (including phenoxy) is 1.